The second kappa shape index (κ2) is 6.71. The van der Waals surface area contributed by atoms with Gasteiger partial charge in [0, 0.05) is 25.7 Å². The molecular formula is C18H20N2O3. The number of ether oxygens (including phenoxy) is 1. The molecule has 0 aromatic heterocycles. The van der Waals surface area contributed by atoms with Crippen LogP contribution in [-0.4, -0.2) is 42.8 Å². The lowest BCUT2D eigenvalue weighted by atomic mass is 10.0. The molecule has 2 N–H and O–H groups in total. The van der Waals surface area contributed by atoms with Crippen molar-refractivity contribution in [2.45, 2.75) is 6.42 Å². The Balaban J connectivity index is 1.79. The smallest absolute Gasteiger partial charge is 0.321 e. The maximum Gasteiger partial charge on any atom is 0.321 e. The number of benzene rings is 2. The fourth-order valence-electron chi connectivity index (χ4n) is 2.61. The third-order valence-corrected chi connectivity index (χ3v) is 3.92. The van der Waals surface area contributed by atoms with Gasteiger partial charge in [-0.05, 0) is 41.0 Å². The predicted octanol–water partition coefficient (Wildman–Crippen LogP) is 2.74. The minimum Gasteiger partial charge on any atom is -0.493 e. The zero-order valence-electron chi connectivity index (χ0n) is 13.1. The molecule has 0 aliphatic carbocycles. The second-order valence-electron chi connectivity index (χ2n) is 5.58. The molecule has 23 heavy (non-hydrogen) atoms. The Morgan fingerprint density at radius 1 is 1.26 bits per heavy atom. The van der Waals surface area contributed by atoms with Crippen molar-refractivity contribution in [2.75, 3.05) is 32.1 Å². The fraction of sp³-hybridized carbons (Fsp3) is 0.278. The highest BCUT2D eigenvalue weighted by molar-refractivity contribution is 5.90. The lowest BCUT2D eigenvalue weighted by Crippen LogP contribution is -2.33. The number of rotatable bonds is 4. The second-order valence-corrected chi connectivity index (χ2v) is 5.58. The molecule has 0 fully saturated rings. The summed E-state index contributed by atoms with van der Waals surface area (Å²) in [6.07, 6.45) is 0.936. The quantitative estimate of drug-likeness (QED) is 0.912. The number of nitrogens with one attached hydrogen (secondary N) is 1. The van der Waals surface area contributed by atoms with Crippen LogP contribution in [-0.2, 0) is 6.42 Å². The summed E-state index contributed by atoms with van der Waals surface area (Å²) >= 11 is 0. The van der Waals surface area contributed by atoms with Crippen molar-refractivity contribution in [3.8, 4) is 16.9 Å². The van der Waals surface area contributed by atoms with Crippen LogP contribution in [0, 0.1) is 0 Å². The third kappa shape index (κ3) is 3.46. The summed E-state index contributed by atoms with van der Waals surface area (Å²) in [6.45, 7) is 0.990. The Morgan fingerprint density at radius 3 is 2.91 bits per heavy atom. The van der Waals surface area contributed by atoms with Crippen molar-refractivity contribution in [3.05, 3.63) is 48.0 Å². The zero-order valence-corrected chi connectivity index (χ0v) is 13.1. The van der Waals surface area contributed by atoms with Crippen molar-refractivity contribution in [1.82, 2.24) is 4.90 Å². The molecule has 5 heteroatoms. The van der Waals surface area contributed by atoms with Gasteiger partial charge in [-0.15, -0.1) is 0 Å². The van der Waals surface area contributed by atoms with Crippen LogP contribution in [0.4, 0.5) is 10.5 Å². The van der Waals surface area contributed by atoms with E-state index < -0.39 is 0 Å². The van der Waals surface area contributed by atoms with Crippen LogP contribution in [0.2, 0.25) is 0 Å². The van der Waals surface area contributed by atoms with Gasteiger partial charge >= 0.3 is 6.03 Å². The van der Waals surface area contributed by atoms with Crippen LogP contribution >= 0.6 is 0 Å². The van der Waals surface area contributed by atoms with E-state index in [1.54, 1.807) is 7.05 Å². The average Bonchev–Trinajstić information content (AvgIpc) is 3.03. The van der Waals surface area contributed by atoms with Crippen LogP contribution in [0.3, 0.4) is 0 Å². The van der Waals surface area contributed by atoms with E-state index in [9.17, 15) is 4.79 Å². The van der Waals surface area contributed by atoms with Gasteiger partial charge in [-0.1, -0.05) is 18.2 Å². The number of carbonyl (C=O) groups is 1. The Kier molecular flexibility index (Phi) is 4.48. The zero-order chi connectivity index (χ0) is 16.2. The molecule has 0 unspecified atom stereocenters. The normalized spacial score (nSPS) is 12.4. The van der Waals surface area contributed by atoms with Gasteiger partial charge < -0.3 is 20.1 Å². The monoisotopic (exact) mass is 312 g/mol. The lowest BCUT2D eigenvalue weighted by molar-refractivity contribution is 0.202. The summed E-state index contributed by atoms with van der Waals surface area (Å²) in [5.74, 6) is 0.962. The molecule has 1 aliphatic heterocycles. The molecule has 0 saturated carbocycles. The summed E-state index contributed by atoms with van der Waals surface area (Å²) < 4.78 is 5.53. The highest BCUT2D eigenvalue weighted by Crippen LogP contribution is 2.31. The summed E-state index contributed by atoms with van der Waals surface area (Å²) in [6, 6.07) is 13.7. The van der Waals surface area contributed by atoms with E-state index in [0.29, 0.717) is 6.54 Å². The van der Waals surface area contributed by atoms with Gasteiger partial charge in [0.15, 0.2) is 0 Å². The van der Waals surface area contributed by atoms with Crippen LogP contribution in [0.15, 0.2) is 42.5 Å². The molecular weight excluding hydrogens is 292 g/mol. The number of urea groups is 1. The first-order valence-electron chi connectivity index (χ1n) is 7.66. The molecule has 2 amide bonds. The van der Waals surface area contributed by atoms with Crippen molar-refractivity contribution in [1.29, 1.82) is 0 Å². The number of nitrogens with zero attached hydrogens (tertiary/aromatic N) is 1. The molecule has 120 valence electrons. The van der Waals surface area contributed by atoms with E-state index in [1.165, 1.54) is 10.5 Å². The number of fused-ring (bicyclic) bond motifs is 1. The molecule has 2 aromatic rings. The molecule has 0 saturated heterocycles. The summed E-state index contributed by atoms with van der Waals surface area (Å²) in [7, 11) is 1.65. The van der Waals surface area contributed by atoms with Crippen LogP contribution < -0.4 is 10.1 Å². The Labute approximate surface area is 135 Å². The maximum absolute atomic E-state index is 12.0. The van der Waals surface area contributed by atoms with E-state index >= 15 is 0 Å². The highest BCUT2D eigenvalue weighted by atomic mass is 16.5. The van der Waals surface area contributed by atoms with Crippen molar-refractivity contribution in [2.24, 2.45) is 0 Å². The minimum atomic E-state index is -0.237. The SMILES string of the molecule is CN(CCO)C(=O)Nc1cccc(-c2ccc3c(c2)CCO3)c1. The number of aliphatic hydroxyl groups is 1. The van der Waals surface area contributed by atoms with Crippen LogP contribution in [0.5, 0.6) is 5.75 Å². The maximum atomic E-state index is 12.0. The van der Waals surface area contributed by atoms with Crippen molar-refractivity contribution < 1.29 is 14.6 Å². The lowest BCUT2D eigenvalue weighted by Gasteiger charge is -2.17. The first-order valence-corrected chi connectivity index (χ1v) is 7.66. The topological polar surface area (TPSA) is 61.8 Å². The number of likely N-dealkylation sites (N-methyl/N-ethyl adjacent to an activating group) is 1. The Bertz CT molecular complexity index is 715. The molecule has 3 rings (SSSR count). The minimum absolute atomic E-state index is 0.0544. The average molecular weight is 312 g/mol. The number of aliphatic hydroxyl groups excluding tert-OH is 1. The van der Waals surface area contributed by atoms with Crippen molar-refractivity contribution in [3.63, 3.8) is 0 Å². The number of anilines is 1. The summed E-state index contributed by atoms with van der Waals surface area (Å²) in [4.78, 5) is 13.4. The highest BCUT2D eigenvalue weighted by Gasteiger charge is 2.13. The molecule has 0 bridgehead atoms. The molecule has 0 radical (unpaired) electrons. The van der Waals surface area contributed by atoms with Crippen LogP contribution in [0.25, 0.3) is 11.1 Å². The number of hydrogen-bond acceptors (Lipinski definition) is 3. The van der Waals surface area contributed by atoms with Gasteiger partial charge in [0.1, 0.15) is 5.75 Å². The van der Waals surface area contributed by atoms with Gasteiger partial charge in [0.2, 0.25) is 0 Å². The molecule has 1 aliphatic rings. The van der Waals surface area contributed by atoms with Gasteiger partial charge in [0.25, 0.3) is 0 Å². The molecule has 0 atom stereocenters. The van der Waals surface area contributed by atoms with E-state index in [2.05, 4.69) is 11.4 Å². The van der Waals surface area contributed by atoms with Gasteiger partial charge in [-0.3, -0.25) is 0 Å². The number of amides is 2. The predicted molar refractivity (Wildman–Crippen MR) is 89.8 cm³/mol. The largest absolute Gasteiger partial charge is 0.493 e. The van der Waals surface area contributed by atoms with Crippen LogP contribution in [0.1, 0.15) is 5.56 Å². The van der Waals surface area contributed by atoms with Gasteiger partial charge in [-0.2, -0.15) is 0 Å². The molecule has 1 heterocycles. The molecule has 5 nitrogen and oxygen atoms in total. The van der Waals surface area contributed by atoms with E-state index in [4.69, 9.17) is 9.84 Å². The first-order chi connectivity index (χ1) is 11.2. The van der Waals surface area contributed by atoms with Gasteiger partial charge in [0.05, 0.1) is 13.2 Å². The summed E-state index contributed by atoms with van der Waals surface area (Å²) in [5.41, 5.74) is 4.10. The Morgan fingerprint density at radius 2 is 2.09 bits per heavy atom. The number of hydrogen-bond donors (Lipinski definition) is 2. The van der Waals surface area contributed by atoms with E-state index in [0.717, 1.165) is 35.6 Å². The summed E-state index contributed by atoms with van der Waals surface area (Å²) in [5, 5.41) is 11.7. The molecule has 2 aromatic carbocycles. The first kappa shape index (κ1) is 15.4. The van der Waals surface area contributed by atoms with E-state index in [-0.39, 0.29) is 12.6 Å². The molecule has 0 spiro atoms. The van der Waals surface area contributed by atoms with Crippen molar-refractivity contribution >= 4 is 11.7 Å². The van der Waals surface area contributed by atoms with Gasteiger partial charge in [-0.25, -0.2) is 4.79 Å². The van der Waals surface area contributed by atoms with E-state index in [1.807, 2.05) is 36.4 Å². The fourth-order valence-corrected chi connectivity index (χ4v) is 2.61. The number of carbonyl (C=O) groups excluding carboxylic acids is 1. The Hall–Kier alpha value is -2.53. The standard InChI is InChI=1S/C18H20N2O3/c1-20(8-9-21)18(22)19-16-4-2-3-13(12-16)14-5-6-17-15(11-14)7-10-23-17/h2-6,11-12,21H,7-10H2,1H3,(H,19,22). The third-order valence-electron chi connectivity index (χ3n) is 3.92.